The first kappa shape index (κ1) is 15.3. The van der Waals surface area contributed by atoms with E-state index in [1.54, 1.807) is 30.1 Å². The van der Waals surface area contributed by atoms with Crippen LogP contribution in [-0.2, 0) is 11.3 Å². The van der Waals surface area contributed by atoms with Crippen LogP contribution in [0.5, 0.6) is 11.5 Å². The number of rotatable bonds is 6. The van der Waals surface area contributed by atoms with Gasteiger partial charge in [0, 0.05) is 25.7 Å². The van der Waals surface area contributed by atoms with E-state index in [2.05, 4.69) is 5.32 Å². The summed E-state index contributed by atoms with van der Waals surface area (Å²) in [6, 6.07) is 5.00. The summed E-state index contributed by atoms with van der Waals surface area (Å²) in [5, 5.41) is 13.0. The van der Waals surface area contributed by atoms with Gasteiger partial charge in [-0.1, -0.05) is 12.1 Å². The highest BCUT2D eigenvalue weighted by atomic mass is 16.5. The lowest BCUT2D eigenvalue weighted by atomic mass is 10.1. The summed E-state index contributed by atoms with van der Waals surface area (Å²) in [6.07, 6.45) is 0. The van der Waals surface area contributed by atoms with Crippen molar-refractivity contribution in [3.63, 3.8) is 0 Å². The van der Waals surface area contributed by atoms with E-state index in [4.69, 9.17) is 4.74 Å². The van der Waals surface area contributed by atoms with Gasteiger partial charge in [0.1, 0.15) is 0 Å². The summed E-state index contributed by atoms with van der Waals surface area (Å²) in [7, 11) is 3.28. The van der Waals surface area contributed by atoms with E-state index >= 15 is 0 Å². The topological polar surface area (TPSA) is 61.8 Å². The van der Waals surface area contributed by atoms with Crippen LogP contribution in [-0.4, -0.2) is 42.7 Å². The van der Waals surface area contributed by atoms with Gasteiger partial charge in [-0.25, -0.2) is 0 Å². The van der Waals surface area contributed by atoms with E-state index in [0.29, 0.717) is 24.4 Å². The Labute approximate surface area is 114 Å². The third-order valence-corrected chi connectivity index (χ3v) is 3.12. The number of hydrogen-bond donors (Lipinski definition) is 2. The van der Waals surface area contributed by atoms with Gasteiger partial charge in [0.05, 0.1) is 13.2 Å². The number of amides is 1. The molecule has 0 bridgehead atoms. The summed E-state index contributed by atoms with van der Waals surface area (Å²) in [5.41, 5.74) is 0.707. The number of hydrogen-bond acceptors (Lipinski definition) is 4. The van der Waals surface area contributed by atoms with Gasteiger partial charge < -0.3 is 20.1 Å². The fourth-order valence-electron chi connectivity index (χ4n) is 1.71. The van der Waals surface area contributed by atoms with Gasteiger partial charge in [0.2, 0.25) is 5.91 Å². The summed E-state index contributed by atoms with van der Waals surface area (Å²) in [5.74, 6) is 0.579. The predicted octanol–water partition coefficient (Wildman–Crippen LogP) is 1.36. The Kier molecular flexibility index (Phi) is 5.63. The first-order chi connectivity index (χ1) is 9.01. The minimum Gasteiger partial charge on any atom is -0.504 e. The minimum absolute atomic E-state index is 0.0323. The average Bonchev–Trinajstić information content (AvgIpc) is 2.44. The molecule has 5 heteroatoms. The molecule has 5 nitrogen and oxygen atoms in total. The monoisotopic (exact) mass is 266 g/mol. The highest BCUT2D eigenvalue weighted by Gasteiger charge is 2.16. The largest absolute Gasteiger partial charge is 0.504 e. The second kappa shape index (κ2) is 6.99. The van der Waals surface area contributed by atoms with E-state index in [9.17, 15) is 9.90 Å². The van der Waals surface area contributed by atoms with Crippen molar-refractivity contribution in [2.45, 2.75) is 26.4 Å². The van der Waals surface area contributed by atoms with Crippen molar-refractivity contribution in [1.82, 2.24) is 10.2 Å². The maximum Gasteiger partial charge on any atom is 0.239 e. The summed E-state index contributed by atoms with van der Waals surface area (Å²) >= 11 is 0. The molecule has 0 aliphatic carbocycles. The third-order valence-electron chi connectivity index (χ3n) is 3.12. The number of benzene rings is 1. The van der Waals surface area contributed by atoms with Crippen LogP contribution in [0.1, 0.15) is 19.4 Å². The van der Waals surface area contributed by atoms with Gasteiger partial charge in [-0.3, -0.25) is 4.79 Å². The SMILES string of the molecule is CCN(C)C(=O)C(C)NCc1cccc(OC)c1O. The fraction of sp³-hybridized carbons (Fsp3) is 0.500. The van der Waals surface area contributed by atoms with E-state index in [-0.39, 0.29) is 17.7 Å². The normalized spacial score (nSPS) is 12.0. The molecule has 0 spiro atoms. The second-order valence-corrected chi connectivity index (χ2v) is 4.42. The highest BCUT2D eigenvalue weighted by Crippen LogP contribution is 2.29. The quantitative estimate of drug-likeness (QED) is 0.816. The van der Waals surface area contributed by atoms with Crippen molar-refractivity contribution in [2.75, 3.05) is 20.7 Å². The molecular formula is C14H22N2O3. The number of para-hydroxylation sites is 1. The molecule has 1 unspecified atom stereocenters. The van der Waals surface area contributed by atoms with Crippen molar-refractivity contribution in [2.24, 2.45) is 0 Å². The summed E-state index contributed by atoms with van der Waals surface area (Å²) in [6.45, 7) is 4.83. The van der Waals surface area contributed by atoms with Crippen LogP contribution in [0.2, 0.25) is 0 Å². The average molecular weight is 266 g/mol. The number of phenolic OH excluding ortho intramolecular Hbond substituents is 1. The van der Waals surface area contributed by atoms with Gasteiger partial charge in [-0.15, -0.1) is 0 Å². The molecule has 1 aromatic carbocycles. The van der Waals surface area contributed by atoms with Crippen molar-refractivity contribution in [3.8, 4) is 11.5 Å². The number of phenols is 1. The number of ether oxygens (including phenoxy) is 1. The maximum atomic E-state index is 11.9. The smallest absolute Gasteiger partial charge is 0.239 e. The Hall–Kier alpha value is -1.75. The molecule has 1 rings (SSSR count). The molecule has 19 heavy (non-hydrogen) atoms. The Morgan fingerprint density at radius 3 is 2.79 bits per heavy atom. The second-order valence-electron chi connectivity index (χ2n) is 4.42. The molecule has 0 aromatic heterocycles. The molecule has 0 fully saturated rings. The molecular weight excluding hydrogens is 244 g/mol. The van der Waals surface area contributed by atoms with Crippen molar-refractivity contribution in [1.29, 1.82) is 0 Å². The van der Waals surface area contributed by atoms with Crippen molar-refractivity contribution >= 4 is 5.91 Å². The molecule has 2 N–H and O–H groups in total. The Bertz CT molecular complexity index is 435. The van der Waals surface area contributed by atoms with Crippen LogP contribution in [0.15, 0.2) is 18.2 Å². The standard InChI is InChI=1S/C14H22N2O3/c1-5-16(3)14(18)10(2)15-9-11-7-6-8-12(19-4)13(11)17/h6-8,10,15,17H,5,9H2,1-4H3. The molecule has 1 aromatic rings. The van der Waals surface area contributed by atoms with Gasteiger partial charge in [-0.2, -0.15) is 0 Å². The molecule has 0 aliphatic rings. The fourth-order valence-corrected chi connectivity index (χ4v) is 1.71. The molecule has 0 saturated carbocycles. The number of likely N-dealkylation sites (N-methyl/N-ethyl adjacent to an activating group) is 1. The van der Waals surface area contributed by atoms with Crippen molar-refractivity contribution in [3.05, 3.63) is 23.8 Å². The lowest BCUT2D eigenvalue weighted by molar-refractivity contribution is -0.131. The molecule has 0 saturated heterocycles. The lowest BCUT2D eigenvalue weighted by Gasteiger charge is -2.21. The molecule has 1 amide bonds. The predicted molar refractivity (Wildman–Crippen MR) is 74.3 cm³/mol. The number of methoxy groups -OCH3 is 1. The lowest BCUT2D eigenvalue weighted by Crippen LogP contribution is -2.42. The van der Waals surface area contributed by atoms with Crippen LogP contribution in [0.4, 0.5) is 0 Å². The zero-order chi connectivity index (χ0) is 14.4. The molecule has 1 atom stereocenters. The Morgan fingerprint density at radius 1 is 1.53 bits per heavy atom. The summed E-state index contributed by atoms with van der Waals surface area (Å²) in [4.78, 5) is 13.5. The zero-order valence-corrected chi connectivity index (χ0v) is 11.9. The first-order valence-corrected chi connectivity index (χ1v) is 6.34. The van der Waals surface area contributed by atoms with Crippen LogP contribution >= 0.6 is 0 Å². The summed E-state index contributed by atoms with van der Waals surface area (Å²) < 4.78 is 5.04. The number of carbonyl (C=O) groups is 1. The first-order valence-electron chi connectivity index (χ1n) is 6.34. The van der Waals surface area contributed by atoms with E-state index < -0.39 is 0 Å². The number of nitrogens with one attached hydrogen (secondary N) is 1. The van der Waals surface area contributed by atoms with Gasteiger partial charge in [0.25, 0.3) is 0 Å². The molecule has 0 radical (unpaired) electrons. The Morgan fingerprint density at radius 2 is 2.21 bits per heavy atom. The molecule has 0 heterocycles. The van der Waals surface area contributed by atoms with Crippen molar-refractivity contribution < 1.29 is 14.6 Å². The Balaban J connectivity index is 2.64. The van der Waals surface area contributed by atoms with Crippen LogP contribution in [0.3, 0.4) is 0 Å². The molecule has 106 valence electrons. The molecule has 0 aliphatic heterocycles. The third kappa shape index (κ3) is 3.86. The highest BCUT2D eigenvalue weighted by molar-refractivity contribution is 5.81. The van der Waals surface area contributed by atoms with Gasteiger partial charge in [0.15, 0.2) is 11.5 Å². The van der Waals surface area contributed by atoms with Gasteiger partial charge >= 0.3 is 0 Å². The zero-order valence-electron chi connectivity index (χ0n) is 11.9. The number of aromatic hydroxyl groups is 1. The van der Waals surface area contributed by atoms with Crippen LogP contribution < -0.4 is 10.1 Å². The number of nitrogens with zero attached hydrogens (tertiary/aromatic N) is 1. The van der Waals surface area contributed by atoms with E-state index in [1.165, 1.54) is 7.11 Å². The van der Waals surface area contributed by atoms with Crippen LogP contribution in [0.25, 0.3) is 0 Å². The minimum atomic E-state index is -0.296. The van der Waals surface area contributed by atoms with Gasteiger partial charge in [-0.05, 0) is 19.9 Å². The van der Waals surface area contributed by atoms with Crippen LogP contribution in [0, 0.1) is 0 Å². The maximum absolute atomic E-state index is 11.9. The van der Waals surface area contributed by atoms with E-state index in [1.807, 2.05) is 13.8 Å². The van der Waals surface area contributed by atoms with E-state index in [0.717, 1.165) is 0 Å². The number of carbonyl (C=O) groups excluding carboxylic acids is 1.